The molecule has 1 amide bonds. The molecule has 13 heteroatoms. The monoisotopic (exact) mass is 757 g/mol. The Morgan fingerprint density at radius 2 is 1.72 bits per heavy atom. The zero-order chi connectivity index (χ0) is 38.1. The van der Waals surface area contributed by atoms with Gasteiger partial charge in [-0.1, -0.05) is 43.5 Å². The average Bonchev–Trinajstić information content (AvgIpc) is 3.19. The number of carbonyl (C=O) groups is 1. The summed E-state index contributed by atoms with van der Waals surface area (Å²) in [6.45, 7) is 7.51. The molecule has 6 rings (SSSR count). The number of amides is 1. The topological polar surface area (TPSA) is 164 Å². The van der Waals surface area contributed by atoms with Crippen molar-refractivity contribution in [2.75, 3.05) is 45.8 Å². The number of ether oxygens (including phenoxy) is 1. The van der Waals surface area contributed by atoms with Crippen LogP contribution in [-0.2, 0) is 14.6 Å². The Hall–Kier alpha value is -4.53. The summed E-state index contributed by atoms with van der Waals surface area (Å²) in [5.41, 5.74) is 1.59. The molecule has 288 valence electrons. The molecule has 0 spiro atoms. The first-order valence-electron chi connectivity index (χ1n) is 18.9. The summed E-state index contributed by atoms with van der Waals surface area (Å²) >= 11 is 0. The summed E-state index contributed by atoms with van der Waals surface area (Å²) in [6.07, 6.45) is 8.86. The van der Waals surface area contributed by atoms with Crippen molar-refractivity contribution in [2.45, 2.75) is 73.4 Å². The van der Waals surface area contributed by atoms with Gasteiger partial charge in [0, 0.05) is 68.9 Å². The Morgan fingerprint density at radius 3 is 2.48 bits per heavy atom. The van der Waals surface area contributed by atoms with E-state index in [-0.39, 0.29) is 50.9 Å². The SMILES string of the molecule is C[C@@H](c1ccc(S(=O)(=O)c2cccc(OC=CC(=O)NCCCNC[C@H](O)c3ccc(O)c4[nH]c(=O)ccc34)c2)cc1)N1CCN(C2CCCCC2)CC1. The molecule has 1 aliphatic carbocycles. The highest BCUT2D eigenvalue weighted by molar-refractivity contribution is 7.91. The van der Waals surface area contributed by atoms with E-state index in [0.717, 1.165) is 37.8 Å². The van der Waals surface area contributed by atoms with Crippen LogP contribution in [0.2, 0.25) is 0 Å². The van der Waals surface area contributed by atoms with E-state index in [1.54, 1.807) is 36.4 Å². The van der Waals surface area contributed by atoms with Gasteiger partial charge in [0.15, 0.2) is 0 Å². The molecule has 12 nitrogen and oxygen atoms in total. The van der Waals surface area contributed by atoms with E-state index in [4.69, 9.17) is 4.74 Å². The second kappa shape index (κ2) is 18.2. The number of aromatic nitrogens is 1. The maximum absolute atomic E-state index is 13.5. The van der Waals surface area contributed by atoms with E-state index in [1.165, 1.54) is 68.7 Å². The van der Waals surface area contributed by atoms with Gasteiger partial charge in [-0.15, -0.1) is 0 Å². The average molecular weight is 758 g/mol. The molecule has 1 aliphatic heterocycles. The number of hydrogen-bond donors (Lipinski definition) is 5. The fraction of sp³-hybridized carbons (Fsp3) is 0.415. The van der Waals surface area contributed by atoms with Crippen LogP contribution in [0, 0.1) is 0 Å². The number of nitrogens with one attached hydrogen (secondary N) is 3. The van der Waals surface area contributed by atoms with Crippen LogP contribution >= 0.6 is 0 Å². The highest BCUT2D eigenvalue weighted by Gasteiger charge is 2.28. The number of piperazine rings is 1. The third kappa shape index (κ3) is 9.76. The zero-order valence-electron chi connectivity index (χ0n) is 30.7. The summed E-state index contributed by atoms with van der Waals surface area (Å²) < 4.78 is 32.6. The standard InChI is InChI=1S/C41H51N5O7S/c1-29(45-22-24-46(25-23-45)31-7-3-2-4-8-31)30-11-13-33(14-12-30)54(51,52)34-10-5-9-32(27-34)53-26-19-39(49)43-21-6-20-42-28-38(48)35-15-17-37(47)41-36(35)16-18-40(50)44-41/h5,9-19,26-27,29,31,38,42,47-48H,2-4,6-8,20-25,28H2,1H3,(H,43,49)(H,44,50)/t29-,38-/m0/s1. The van der Waals surface area contributed by atoms with E-state index < -0.39 is 15.9 Å². The first-order valence-corrected chi connectivity index (χ1v) is 20.4. The summed E-state index contributed by atoms with van der Waals surface area (Å²) in [5, 5.41) is 27.2. The van der Waals surface area contributed by atoms with Crippen molar-refractivity contribution < 1.29 is 28.2 Å². The molecule has 5 N–H and O–H groups in total. The first kappa shape index (κ1) is 39.2. The Morgan fingerprint density at radius 1 is 0.963 bits per heavy atom. The molecule has 2 fully saturated rings. The molecule has 0 unspecified atom stereocenters. The molecular weight excluding hydrogens is 707 g/mol. The van der Waals surface area contributed by atoms with Crippen molar-refractivity contribution in [1.82, 2.24) is 25.4 Å². The third-order valence-corrected chi connectivity index (χ3v) is 12.4. The number of phenolic OH excluding ortho intramolecular Hbond substituents is 1. The molecule has 2 aliphatic rings. The molecule has 54 heavy (non-hydrogen) atoms. The number of carbonyl (C=O) groups excluding carboxylic acids is 1. The lowest BCUT2D eigenvalue weighted by Crippen LogP contribution is -2.51. The molecule has 2 heterocycles. The third-order valence-electron chi connectivity index (χ3n) is 10.6. The maximum atomic E-state index is 13.5. The van der Waals surface area contributed by atoms with Gasteiger partial charge in [0.25, 0.3) is 0 Å². The lowest BCUT2D eigenvalue weighted by atomic mass is 9.93. The molecule has 1 saturated heterocycles. The van der Waals surface area contributed by atoms with Crippen molar-refractivity contribution in [3.8, 4) is 11.5 Å². The number of phenols is 1. The number of aromatic amines is 1. The molecular formula is C41H51N5O7S. The van der Waals surface area contributed by atoms with Gasteiger partial charge in [0.05, 0.1) is 27.7 Å². The summed E-state index contributed by atoms with van der Waals surface area (Å²) in [4.78, 5) is 32.0. The quantitative estimate of drug-likeness (QED) is 0.0647. The number of aromatic hydroxyl groups is 1. The Balaban J connectivity index is 0.921. The highest BCUT2D eigenvalue weighted by Crippen LogP contribution is 2.30. The molecule has 4 aromatic rings. The second-order valence-corrected chi connectivity index (χ2v) is 16.1. The lowest BCUT2D eigenvalue weighted by molar-refractivity contribution is -0.116. The Bertz CT molecular complexity index is 2070. The van der Waals surface area contributed by atoms with Crippen LogP contribution in [0.25, 0.3) is 10.9 Å². The van der Waals surface area contributed by atoms with Crippen LogP contribution in [0.4, 0.5) is 0 Å². The number of aliphatic hydroxyl groups is 1. The van der Waals surface area contributed by atoms with Gasteiger partial charge < -0.3 is 30.6 Å². The molecule has 0 radical (unpaired) electrons. The summed E-state index contributed by atoms with van der Waals surface area (Å²) in [6, 6.07) is 20.3. The Kier molecular flexibility index (Phi) is 13.2. The summed E-state index contributed by atoms with van der Waals surface area (Å²) in [7, 11) is -3.79. The number of benzene rings is 3. The number of H-pyrrole nitrogens is 1. The number of fused-ring (bicyclic) bond motifs is 1. The number of pyridine rings is 1. The van der Waals surface area contributed by atoms with E-state index in [2.05, 4.69) is 32.3 Å². The predicted octanol–water partition coefficient (Wildman–Crippen LogP) is 4.80. The van der Waals surface area contributed by atoms with E-state index >= 15 is 0 Å². The number of nitrogens with zero attached hydrogens (tertiary/aromatic N) is 2. The smallest absolute Gasteiger partial charge is 0.248 e. The van der Waals surface area contributed by atoms with E-state index in [0.29, 0.717) is 30.5 Å². The van der Waals surface area contributed by atoms with Crippen LogP contribution in [0.5, 0.6) is 11.5 Å². The zero-order valence-corrected chi connectivity index (χ0v) is 31.6. The predicted molar refractivity (Wildman–Crippen MR) is 208 cm³/mol. The van der Waals surface area contributed by atoms with Gasteiger partial charge in [0.2, 0.25) is 21.3 Å². The maximum Gasteiger partial charge on any atom is 0.248 e. The first-order chi connectivity index (χ1) is 26.1. The minimum atomic E-state index is -3.79. The number of hydrogen-bond acceptors (Lipinski definition) is 10. The van der Waals surface area contributed by atoms with Crippen LogP contribution in [0.1, 0.15) is 68.7 Å². The van der Waals surface area contributed by atoms with Gasteiger partial charge in [0.1, 0.15) is 11.5 Å². The van der Waals surface area contributed by atoms with Gasteiger partial charge >= 0.3 is 0 Å². The number of aliphatic hydroxyl groups excluding tert-OH is 1. The van der Waals surface area contributed by atoms with Crippen LogP contribution in [-0.4, -0.2) is 91.2 Å². The minimum Gasteiger partial charge on any atom is -0.506 e. The highest BCUT2D eigenvalue weighted by atomic mass is 32.2. The van der Waals surface area contributed by atoms with Gasteiger partial charge in [-0.2, -0.15) is 0 Å². The fourth-order valence-electron chi connectivity index (χ4n) is 7.48. The van der Waals surface area contributed by atoms with Crippen LogP contribution in [0.15, 0.2) is 99.7 Å². The molecule has 3 aromatic carbocycles. The largest absolute Gasteiger partial charge is 0.506 e. The van der Waals surface area contributed by atoms with Gasteiger partial charge in [-0.05, 0) is 86.3 Å². The number of sulfone groups is 1. The Labute approximate surface area is 316 Å². The van der Waals surface area contributed by atoms with Crippen molar-refractivity contribution >= 4 is 26.6 Å². The molecule has 1 saturated carbocycles. The normalized spacial score (nSPS) is 17.4. The lowest BCUT2D eigenvalue weighted by Gasteiger charge is -2.42. The van der Waals surface area contributed by atoms with Crippen molar-refractivity contribution in [3.63, 3.8) is 0 Å². The second-order valence-electron chi connectivity index (χ2n) is 14.2. The van der Waals surface area contributed by atoms with Gasteiger partial charge in [-0.3, -0.25) is 19.4 Å². The molecule has 2 atom stereocenters. The fourth-order valence-corrected chi connectivity index (χ4v) is 8.78. The van der Waals surface area contributed by atoms with Crippen molar-refractivity contribution in [2.24, 2.45) is 0 Å². The van der Waals surface area contributed by atoms with E-state index in [9.17, 15) is 28.2 Å². The van der Waals surface area contributed by atoms with Crippen molar-refractivity contribution in [1.29, 1.82) is 0 Å². The summed E-state index contributed by atoms with van der Waals surface area (Å²) in [5.74, 6) is -0.157. The minimum absolute atomic E-state index is 0.0709. The van der Waals surface area contributed by atoms with Crippen LogP contribution < -0.4 is 20.9 Å². The van der Waals surface area contributed by atoms with Crippen molar-refractivity contribution in [3.05, 3.63) is 107 Å². The van der Waals surface area contributed by atoms with Crippen LogP contribution in [0.3, 0.4) is 0 Å². The van der Waals surface area contributed by atoms with Gasteiger partial charge in [-0.25, -0.2) is 8.42 Å². The molecule has 1 aromatic heterocycles. The number of rotatable bonds is 15. The van der Waals surface area contributed by atoms with E-state index in [1.807, 2.05) is 12.1 Å². The molecule has 0 bridgehead atoms.